The summed E-state index contributed by atoms with van der Waals surface area (Å²) >= 11 is 13.4. The molecule has 248 valence electrons. The van der Waals surface area contributed by atoms with Crippen LogP contribution in [0.4, 0.5) is 0 Å². The number of hydrogen-bond donors (Lipinski definition) is 0. The molecular formula is C35H54Cl2N2O5. The van der Waals surface area contributed by atoms with Crippen LogP contribution in [0.2, 0.25) is 10.3 Å². The smallest absolute Gasteiger partial charge is 0.155 e. The summed E-state index contributed by atoms with van der Waals surface area (Å²) < 4.78 is 32.7. The molecule has 3 rings (SSSR count). The van der Waals surface area contributed by atoms with Crippen molar-refractivity contribution >= 4 is 23.2 Å². The van der Waals surface area contributed by atoms with Gasteiger partial charge in [0.1, 0.15) is 36.2 Å². The van der Waals surface area contributed by atoms with Crippen molar-refractivity contribution in [2.45, 2.75) is 129 Å². The summed E-state index contributed by atoms with van der Waals surface area (Å²) in [6, 6.07) is 8.49. The van der Waals surface area contributed by atoms with Crippen molar-refractivity contribution < 1.29 is 23.7 Å². The third-order valence-corrected chi connectivity index (χ3v) is 8.54. The standard InChI is InChI=1S/C35H54Cl2N2O5/c1-6-11-19-40-24-28-30(41-20-12-7-2)32(42-21-13-8-3)33(43-22-14-9-4)31(44-28)29-35(37)39-34(36)27(38-29)23-26-17-15-25(10-5)16-18-26/h15-18,28,30-33H,6-14,19-24H2,1-5H3/t28-,30-,31+,32+,33+/m1/s1. The molecule has 0 saturated carbocycles. The van der Waals surface area contributed by atoms with Gasteiger partial charge in [-0.25, -0.2) is 9.97 Å². The number of benzene rings is 1. The zero-order valence-electron chi connectivity index (χ0n) is 27.5. The lowest BCUT2D eigenvalue weighted by Crippen LogP contribution is -2.59. The summed E-state index contributed by atoms with van der Waals surface area (Å²) in [5, 5.41) is 0.492. The largest absolute Gasteiger partial charge is 0.379 e. The molecule has 1 aromatic heterocycles. The summed E-state index contributed by atoms with van der Waals surface area (Å²) in [6.45, 7) is 13.6. The molecule has 0 radical (unpaired) electrons. The molecule has 1 fully saturated rings. The van der Waals surface area contributed by atoms with E-state index in [2.05, 4.69) is 63.9 Å². The third-order valence-electron chi connectivity index (χ3n) is 7.96. The van der Waals surface area contributed by atoms with Crippen LogP contribution in [0.15, 0.2) is 24.3 Å². The quantitative estimate of drug-likeness (QED) is 0.125. The molecule has 0 bridgehead atoms. The molecule has 44 heavy (non-hydrogen) atoms. The molecule has 9 heteroatoms. The molecule has 1 aromatic carbocycles. The van der Waals surface area contributed by atoms with E-state index in [4.69, 9.17) is 51.9 Å². The average molecular weight is 654 g/mol. The van der Waals surface area contributed by atoms with Crippen molar-refractivity contribution in [2.75, 3.05) is 33.0 Å². The van der Waals surface area contributed by atoms with Gasteiger partial charge in [-0.15, -0.1) is 0 Å². The number of nitrogens with zero attached hydrogens (tertiary/aromatic N) is 2. The molecule has 1 saturated heterocycles. The van der Waals surface area contributed by atoms with Gasteiger partial charge in [-0.2, -0.15) is 0 Å². The lowest BCUT2D eigenvalue weighted by molar-refractivity contribution is -0.269. The van der Waals surface area contributed by atoms with Crippen LogP contribution < -0.4 is 0 Å². The lowest BCUT2D eigenvalue weighted by Gasteiger charge is -2.46. The second-order valence-electron chi connectivity index (χ2n) is 11.6. The Kier molecular flexibility index (Phi) is 17.5. The molecule has 0 spiro atoms. The van der Waals surface area contributed by atoms with Gasteiger partial charge in [0.05, 0.1) is 12.3 Å². The van der Waals surface area contributed by atoms with Crippen molar-refractivity contribution in [3.05, 3.63) is 57.1 Å². The first-order valence-corrected chi connectivity index (χ1v) is 17.6. The Morgan fingerprint density at radius 3 is 1.80 bits per heavy atom. The molecular weight excluding hydrogens is 599 g/mol. The predicted molar refractivity (Wildman–Crippen MR) is 178 cm³/mol. The Morgan fingerprint density at radius 2 is 1.20 bits per heavy atom. The Bertz CT molecular complexity index is 1070. The predicted octanol–water partition coefficient (Wildman–Crippen LogP) is 8.75. The van der Waals surface area contributed by atoms with E-state index in [1.54, 1.807) is 0 Å². The summed E-state index contributed by atoms with van der Waals surface area (Å²) in [6.07, 6.45) is 7.11. The molecule has 0 unspecified atom stereocenters. The first kappa shape index (κ1) is 37.1. The van der Waals surface area contributed by atoms with Crippen LogP contribution in [0, 0.1) is 0 Å². The lowest BCUT2D eigenvalue weighted by atomic mass is 9.92. The van der Waals surface area contributed by atoms with Crippen LogP contribution in [0.1, 0.15) is 115 Å². The molecule has 1 aliphatic rings. The van der Waals surface area contributed by atoms with Gasteiger partial charge in [0.25, 0.3) is 0 Å². The van der Waals surface area contributed by atoms with E-state index in [0.29, 0.717) is 50.8 Å². The van der Waals surface area contributed by atoms with Crippen molar-refractivity contribution in [1.29, 1.82) is 0 Å². The van der Waals surface area contributed by atoms with E-state index in [1.807, 2.05) is 0 Å². The molecule has 2 heterocycles. The maximum Gasteiger partial charge on any atom is 0.155 e. The van der Waals surface area contributed by atoms with E-state index >= 15 is 0 Å². The Morgan fingerprint density at radius 1 is 0.659 bits per heavy atom. The van der Waals surface area contributed by atoms with Gasteiger partial charge < -0.3 is 23.7 Å². The topological polar surface area (TPSA) is 71.9 Å². The molecule has 0 aliphatic carbocycles. The highest BCUT2D eigenvalue weighted by Crippen LogP contribution is 2.39. The number of rotatable bonds is 21. The van der Waals surface area contributed by atoms with E-state index < -0.39 is 24.4 Å². The molecule has 0 N–H and O–H groups in total. The second-order valence-corrected chi connectivity index (χ2v) is 12.3. The van der Waals surface area contributed by atoms with Crippen LogP contribution >= 0.6 is 23.2 Å². The molecule has 5 atom stereocenters. The van der Waals surface area contributed by atoms with E-state index in [0.717, 1.165) is 63.4 Å². The number of unbranched alkanes of at least 4 members (excludes halogenated alkanes) is 4. The summed E-state index contributed by atoms with van der Waals surface area (Å²) in [5.41, 5.74) is 3.53. The van der Waals surface area contributed by atoms with Gasteiger partial charge in [-0.05, 0) is 43.2 Å². The molecule has 0 amide bonds. The summed E-state index contributed by atoms with van der Waals surface area (Å²) in [4.78, 5) is 9.55. The van der Waals surface area contributed by atoms with Crippen LogP contribution in [-0.2, 0) is 36.5 Å². The fraction of sp³-hybridized carbons (Fsp3) is 0.714. The van der Waals surface area contributed by atoms with Gasteiger partial charge >= 0.3 is 0 Å². The number of aryl methyl sites for hydroxylation is 1. The number of ether oxygens (including phenoxy) is 5. The first-order valence-electron chi connectivity index (χ1n) is 16.8. The number of aromatic nitrogens is 2. The second kappa shape index (κ2) is 20.7. The van der Waals surface area contributed by atoms with E-state index in [9.17, 15) is 0 Å². The maximum atomic E-state index is 6.85. The van der Waals surface area contributed by atoms with Gasteiger partial charge in [0.2, 0.25) is 0 Å². The van der Waals surface area contributed by atoms with Crippen LogP contribution in [0.5, 0.6) is 0 Å². The molecule has 2 aromatic rings. The summed E-state index contributed by atoms with van der Waals surface area (Å²) in [7, 11) is 0. The van der Waals surface area contributed by atoms with Gasteiger partial charge in [0, 0.05) is 32.8 Å². The third kappa shape index (κ3) is 11.2. The normalized spacial score (nSPS) is 22.0. The average Bonchev–Trinajstić information content (AvgIpc) is 3.02. The number of halogens is 2. The zero-order valence-corrected chi connectivity index (χ0v) is 29.0. The Balaban J connectivity index is 2.02. The minimum atomic E-state index is -0.636. The van der Waals surface area contributed by atoms with Crippen LogP contribution in [-0.4, -0.2) is 67.4 Å². The Hall–Kier alpha value is -1.32. The van der Waals surface area contributed by atoms with Crippen molar-refractivity contribution in [1.82, 2.24) is 9.97 Å². The highest BCUT2D eigenvalue weighted by atomic mass is 35.5. The van der Waals surface area contributed by atoms with E-state index in [-0.39, 0.29) is 16.4 Å². The van der Waals surface area contributed by atoms with E-state index in [1.165, 1.54) is 5.56 Å². The SMILES string of the molecule is CCCCOC[C@H]1O[C@@H](c2nc(Cc3ccc(CC)cc3)c(Cl)nc2Cl)[C@H](OCCCC)[C@@H](OCCCC)[C@@H]1OCCCC. The summed E-state index contributed by atoms with van der Waals surface area (Å²) in [5.74, 6) is 0. The zero-order chi connectivity index (χ0) is 31.7. The highest BCUT2D eigenvalue weighted by Gasteiger charge is 2.50. The molecule has 7 nitrogen and oxygen atoms in total. The fourth-order valence-corrected chi connectivity index (χ4v) is 5.68. The highest BCUT2D eigenvalue weighted by molar-refractivity contribution is 6.33. The van der Waals surface area contributed by atoms with Crippen LogP contribution in [0.3, 0.4) is 0 Å². The van der Waals surface area contributed by atoms with Gasteiger partial charge in [0.15, 0.2) is 10.3 Å². The minimum Gasteiger partial charge on any atom is -0.379 e. The van der Waals surface area contributed by atoms with Crippen molar-refractivity contribution in [3.8, 4) is 0 Å². The van der Waals surface area contributed by atoms with Gasteiger partial charge in [-0.3, -0.25) is 0 Å². The molecule has 1 aliphatic heterocycles. The van der Waals surface area contributed by atoms with Crippen molar-refractivity contribution in [3.63, 3.8) is 0 Å². The first-order chi connectivity index (χ1) is 21.5. The van der Waals surface area contributed by atoms with Gasteiger partial charge in [-0.1, -0.05) is 108 Å². The fourth-order valence-electron chi connectivity index (χ4n) is 5.20. The minimum absolute atomic E-state index is 0.206. The maximum absolute atomic E-state index is 6.85. The van der Waals surface area contributed by atoms with Crippen LogP contribution in [0.25, 0.3) is 0 Å². The number of hydrogen-bond acceptors (Lipinski definition) is 7. The monoisotopic (exact) mass is 652 g/mol. The Labute approximate surface area is 275 Å². The van der Waals surface area contributed by atoms with Crippen molar-refractivity contribution in [2.24, 2.45) is 0 Å².